The van der Waals surface area contributed by atoms with Gasteiger partial charge < -0.3 is 15.1 Å². The van der Waals surface area contributed by atoms with Gasteiger partial charge in [-0.15, -0.1) is 0 Å². The van der Waals surface area contributed by atoms with E-state index in [-0.39, 0.29) is 6.03 Å². The summed E-state index contributed by atoms with van der Waals surface area (Å²) < 4.78 is 0. The van der Waals surface area contributed by atoms with Crippen LogP contribution < -0.4 is 10.2 Å². The van der Waals surface area contributed by atoms with Crippen LogP contribution >= 0.6 is 0 Å². The SMILES string of the molecule is CCN(C(=O)NCc1ccc(N(C)C)cc1)C1CCCCC1. The molecule has 4 heteroatoms. The Kier molecular flexibility index (Phi) is 6.10. The lowest BCUT2D eigenvalue weighted by atomic mass is 9.94. The normalized spacial score (nSPS) is 15.4. The lowest BCUT2D eigenvalue weighted by molar-refractivity contribution is 0.159. The molecular formula is C18H29N3O. The third-order valence-corrected chi connectivity index (χ3v) is 4.51. The minimum Gasteiger partial charge on any atom is -0.378 e. The number of hydrogen-bond acceptors (Lipinski definition) is 2. The zero-order valence-electron chi connectivity index (χ0n) is 14.1. The molecule has 0 bridgehead atoms. The highest BCUT2D eigenvalue weighted by atomic mass is 16.2. The average Bonchev–Trinajstić information content (AvgIpc) is 2.55. The van der Waals surface area contributed by atoms with Crippen LogP contribution in [0.2, 0.25) is 0 Å². The number of hydrogen-bond donors (Lipinski definition) is 1. The van der Waals surface area contributed by atoms with Gasteiger partial charge in [-0.05, 0) is 37.5 Å². The van der Waals surface area contributed by atoms with Gasteiger partial charge in [0, 0.05) is 38.9 Å². The van der Waals surface area contributed by atoms with E-state index in [9.17, 15) is 4.79 Å². The van der Waals surface area contributed by atoms with Gasteiger partial charge in [0.05, 0.1) is 0 Å². The first kappa shape index (κ1) is 16.7. The quantitative estimate of drug-likeness (QED) is 0.902. The minimum absolute atomic E-state index is 0.0751. The summed E-state index contributed by atoms with van der Waals surface area (Å²) in [6, 6.07) is 8.82. The van der Waals surface area contributed by atoms with Gasteiger partial charge in [0.2, 0.25) is 0 Å². The van der Waals surface area contributed by atoms with Crippen molar-refractivity contribution in [2.45, 2.75) is 51.6 Å². The third-order valence-electron chi connectivity index (χ3n) is 4.51. The first-order chi connectivity index (χ1) is 10.6. The van der Waals surface area contributed by atoms with Crippen LogP contribution in [0.5, 0.6) is 0 Å². The Labute approximate surface area is 134 Å². The summed E-state index contributed by atoms with van der Waals surface area (Å²) in [6.07, 6.45) is 6.12. The number of amides is 2. The summed E-state index contributed by atoms with van der Waals surface area (Å²) in [6.45, 7) is 3.45. The van der Waals surface area contributed by atoms with Crippen LogP contribution in [0.15, 0.2) is 24.3 Å². The summed E-state index contributed by atoms with van der Waals surface area (Å²) in [5.74, 6) is 0. The molecule has 0 aromatic heterocycles. The van der Waals surface area contributed by atoms with Gasteiger partial charge in [-0.3, -0.25) is 0 Å². The Balaban J connectivity index is 1.87. The van der Waals surface area contributed by atoms with E-state index in [1.165, 1.54) is 24.9 Å². The second-order valence-corrected chi connectivity index (χ2v) is 6.30. The smallest absolute Gasteiger partial charge is 0.317 e. The molecule has 4 nitrogen and oxygen atoms in total. The predicted octanol–water partition coefficient (Wildman–Crippen LogP) is 3.62. The van der Waals surface area contributed by atoms with Crippen LogP contribution in [0.3, 0.4) is 0 Å². The number of carbonyl (C=O) groups is 1. The summed E-state index contributed by atoms with van der Waals surface area (Å²) in [5, 5.41) is 3.07. The van der Waals surface area contributed by atoms with Crippen LogP contribution in [0.1, 0.15) is 44.6 Å². The summed E-state index contributed by atoms with van der Waals surface area (Å²) >= 11 is 0. The molecule has 1 aromatic rings. The van der Waals surface area contributed by atoms with Gasteiger partial charge >= 0.3 is 6.03 Å². The number of rotatable bonds is 5. The Morgan fingerprint density at radius 1 is 1.14 bits per heavy atom. The highest BCUT2D eigenvalue weighted by molar-refractivity contribution is 5.74. The van der Waals surface area contributed by atoms with Crippen molar-refractivity contribution in [3.05, 3.63) is 29.8 Å². The number of anilines is 1. The van der Waals surface area contributed by atoms with Crippen molar-refractivity contribution in [1.82, 2.24) is 10.2 Å². The van der Waals surface area contributed by atoms with E-state index >= 15 is 0 Å². The van der Waals surface area contributed by atoms with E-state index in [1.54, 1.807) is 0 Å². The molecule has 0 saturated heterocycles. The van der Waals surface area contributed by atoms with E-state index in [4.69, 9.17) is 0 Å². The van der Waals surface area contributed by atoms with Crippen LogP contribution in [-0.4, -0.2) is 37.6 Å². The first-order valence-corrected chi connectivity index (χ1v) is 8.42. The number of nitrogens with zero attached hydrogens (tertiary/aromatic N) is 2. The Hall–Kier alpha value is -1.71. The van der Waals surface area contributed by atoms with Crippen molar-refractivity contribution >= 4 is 11.7 Å². The van der Waals surface area contributed by atoms with E-state index < -0.39 is 0 Å². The Morgan fingerprint density at radius 3 is 2.32 bits per heavy atom. The molecule has 1 fully saturated rings. The maximum atomic E-state index is 12.4. The monoisotopic (exact) mass is 303 g/mol. The average molecular weight is 303 g/mol. The van der Waals surface area contributed by atoms with Gasteiger partial charge in [0.1, 0.15) is 0 Å². The number of urea groups is 1. The molecule has 1 aliphatic rings. The number of carbonyl (C=O) groups excluding carboxylic acids is 1. The minimum atomic E-state index is 0.0751. The summed E-state index contributed by atoms with van der Waals surface area (Å²) in [5.41, 5.74) is 2.31. The Morgan fingerprint density at radius 2 is 1.77 bits per heavy atom. The Bertz CT molecular complexity index is 464. The predicted molar refractivity (Wildman–Crippen MR) is 92.3 cm³/mol. The van der Waals surface area contributed by atoms with E-state index in [0.29, 0.717) is 12.6 Å². The van der Waals surface area contributed by atoms with Crippen molar-refractivity contribution in [2.75, 3.05) is 25.5 Å². The highest BCUT2D eigenvalue weighted by Crippen LogP contribution is 2.22. The molecule has 22 heavy (non-hydrogen) atoms. The molecule has 2 amide bonds. The molecule has 0 spiro atoms. The van der Waals surface area contributed by atoms with Crippen molar-refractivity contribution in [2.24, 2.45) is 0 Å². The lowest BCUT2D eigenvalue weighted by Gasteiger charge is -2.33. The second-order valence-electron chi connectivity index (χ2n) is 6.30. The molecule has 1 saturated carbocycles. The van der Waals surface area contributed by atoms with Crippen molar-refractivity contribution in [1.29, 1.82) is 0 Å². The summed E-state index contributed by atoms with van der Waals surface area (Å²) in [7, 11) is 4.06. The van der Waals surface area contributed by atoms with Crippen LogP contribution in [0.25, 0.3) is 0 Å². The molecule has 0 unspecified atom stereocenters. The van der Waals surface area contributed by atoms with Crippen molar-refractivity contribution in [3.8, 4) is 0 Å². The third kappa shape index (κ3) is 4.39. The molecule has 1 aliphatic carbocycles. The summed E-state index contributed by atoms with van der Waals surface area (Å²) in [4.78, 5) is 16.5. The fourth-order valence-corrected chi connectivity index (χ4v) is 3.15. The molecular weight excluding hydrogens is 274 g/mol. The zero-order valence-corrected chi connectivity index (χ0v) is 14.1. The molecule has 0 aliphatic heterocycles. The van der Waals surface area contributed by atoms with Crippen molar-refractivity contribution in [3.63, 3.8) is 0 Å². The van der Waals surface area contributed by atoms with Gasteiger partial charge in [-0.2, -0.15) is 0 Å². The molecule has 1 N–H and O–H groups in total. The second kappa shape index (κ2) is 8.06. The maximum absolute atomic E-state index is 12.4. The van der Waals surface area contributed by atoms with Gasteiger partial charge in [-0.25, -0.2) is 4.79 Å². The van der Waals surface area contributed by atoms with Crippen LogP contribution in [-0.2, 0) is 6.54 Å². The van der Waals surface area contributed by atoms with E-state index in [2.05, 4.69) is 41.4 Å². The molecule has 122 valence electrons. The lowest BCUT2D eigenvalue weighted by Crippen LogP contribution is -2.46. The van der Waals surface area contributed by atoms with Gasteiger partial charge in [-0.1, -0.05) is 31.4 Å². The maximum Gasteiger partial charge on any atom is 0.317 e. The standard InChI is InChI=1S/C18H29N3O/c1-4-21(17-8-6-5-7-9-17)18(22)19-14-15-10-12-16(13-11-15)20(2)3/h10-13,17H,4-9,14H2,1-3H3,(H,19,22). The molecule has 0 radical (unpaired) electrons. The van der Waals surface area contributed by atoms with Gasteiger partial charge in [0.25, 0.3) is 0 Å². The molecule has 0 atom stereocenters. The largest absolute Gasteiger partial charge is 0.378 e. The van der Waals surface area contributed by atoms with Crippen molar-refractivity contribution < 1.29 is 4.79 Å². The fourth-order valence-electron chi connectivity index (χ4n) is 3.15. The first-order valence-electron chi connectivity index (χ1n) is 8.42. The van der Waals surface area contributed by atoms with Crippen LogP contribution in [0.4, 0.5) is 10.5 Å². The van der Waals surface area contributed by atoms with Crippen LogP contribution in [0, 0.1) is 0 Å². The molecule has 2 rings (SSSR count). The topological polar surface area (TPSA) is 35.6 Å². The zero-order chi connectivity index (χ0) is 15.9. The highest BCUT2D eigenvalue weighted by Gasteiger charge is 2.23. The molecule has 0 heterocycles. The van der Waals surface area contributed by atoms with E-state index in [1.807, 2.05) is 19.0 Å². The molecule has 1 aromatic carbocycles. The van der Waals surface area contributed by atoms with E-state index in [0.717, 1.165) is 24.9 Å². The van der Waals surface area contributed by atoms with Gasteiger partial charge in [0.15, 0.2) is 0 Å². The number of nitrogens with one attached hydrogen (secondary N) is 1. The fraction of sp³-hybridized carbons (Fsp3) is 0.611. The number of benzene rings is 1.